The second kappa shape index (κ2) is 5.59. The van der Waals surface area contributed by atoms with Gasteiger partial charge in [-0.1, -0.05) is 69.3 Å². The molecule has 0 fully saturated rings. The monoisotopic (exact) mass is 256 g/mol. The summed E-state index contributed by atoms with van der Waals surface area (Å²) < 4.78 is 0. The van der Waals surface area contributed by atoms with E-state index in [0.717, 1.165) is 5.56 Å². The number of allylic oxidation sites excluding steroid dienone is 2. The third-order valence-corrected chi connectivity index (χ3v) is 5.79. The molecule has 1 rings (SSSR count). The molecule has 0 aliphatic rings. The van der Waals surface area contributed by atoms with Crippen LogP contribution in [-0.4, -0.2) is 8.07 Å². The van der Waals surface area contributed by atoms with E-state index in [0.29, 0.717) is 0 Å². The summed E-state index contributed by atoms with van der Waals surface area (Å²) in [5, 5.41) is 1.47. The van der Waals surface area contributed by atoms with Gasteiger partial charge in [0.25, 0.3) is 0 Å². The molecular weight excluding hydrogens is 232 g/mol. The fraction of sp³-hybridized carbons (Fsp3) is 0.412. The molecule has 18 heavy (non-hydrogen) atoms. The maximum absolute atomic E-state index is 3.52. The zero-order valence-electron chi connectivity index (χ0n) is 12.5. The molecule has 0 unspecified atom stereocenters. The van der Waals surface area contributed by atoms with Crippen molar-refractivity contribution >= 4 is 8.07 Å². The van der Waals surface area contributed by atoms with Crippen LogP contribution in [0.2, 0.25) is 13.1 Å². The maximum Gasteiger partial charge on any atom is 0.158 e. The first-order chi connectivity index (χ1) is 8.21. The Kier molecular flexibility index (Phi) is 4.59. The first-order valence-electron chi connectivity index (χ1n) is 6.49. The molecule has 0 spiro atoms. The predicted molar refractivity (Wildman–Crippen MR) is 84.0 cm³/mol. The molecule has 1 heteroatoms. The van der Waals surface area contributed by atoms with Gasteiger partial charge in [-0.15, -0.1) is 5.54 Å². The lowest BCUT2D eigenvalue weighted by molar-refractivity contribution is 0.542. The molecule has 0 saturated carbocycles. The Morgan fingerprint density at radius 1 is 1.11 bits per heavy atom. The highest BCUT2D eigenvalue weighted by Crippen LogP contribution is 2.22. The summed E-state index contributed by atoms with van der Waals surface area (Å²) in [5.74, 6) is 3.32. The van der Waals surface area contributed by atoms with Crippen molar-refractivity contribution in [1.82, 2.24) is 0 Å². The zero-order chi connectivity index (χ0) is 13.8. The number of hydrogen-bond donors (Lipinski definition) is 0. The van der Waals surface area contributed by atoms with Crippen LogP contribution in [0.4, 0.5) is 0 Å². The molecule has 0 atom stereocenters. The van der Waals surface area contributed by atoms with Crippen LogP contribution >= 0.6 is 0 Å². The van der Waals surface area contributed by atoms with Gasteiger partial charge in [-0.2, -0.15) is 0 Å². The van der Waals surface area contributed by atoms with Crippen molar-refractivity contribution in [3.8, 4) is 11.5 Å². The predicted octanol–water partition coefficient (Wildman–Crippen LogP) is 4.82. The van der Waals surface area contributed by atoms with Crippen molar-refractivity contribution in [3.63, 3.8) is 0 Å². The lowest BCUT2D eigenvalue weighted by atomic mass is 9.96. The lowest BCUT2D eigenvalue weighted by Gasteiger charge is -2.21. The number of benzene rings is 1. The normalized spacial score (nSPS) is 12.9. The largest absolute Gasteiger partial charge is 0.158 e. The van der Waals surface area contributed by atoms with Gasteiger partial charge in [0, 0.05) is 5.56 Å². The van der Waals surface area contributed by atoms with Crippen LogP contribution in [0, 0.1) is 16.9 Å². The summed E-state index contributed by atoms with van der Waals surface area (Å²) in [7, 11) is -1.60. The van der Waals surface area contributed by atoms with E-state index in [1.807, 2.05) is 18.2 Å². The molecular formula is C17H24Si. The fourth-order valence-corrected chi connectivity index (χ4v) is 3.13. The van der Waals surface area contributed by atoms with Crippen molar-refractivity contribution < 1.29 is 0 Å². The van der Waals surface area contributed by atoms with Crippen LogP contribution in [0.25, 0.3) is 0 Å². The van der Waals surface area contributed by atoms with Gasteiger partial charge >= 0.3 is 0 Å². The minimum Gasteiger partial charge on any atom is -0.121 e. The molecule has 1 aromatic carbocycles. The minimum absolute atomic E-state index is 0.239. The SMILES string of the molecule is CC(=CC(C)(C)C)[Si](C)(C)C#Cc1ccccc1. The van der Waals surface area contributed by atoms with E-state index in [1.54, 1.807) is 0 Å². The Hall–Kier alpha value is -1.26. The van der Waals surface area contributed by atoms with Crippen LogP contribution in [-0.2, 0) is 0 Å². The molecule has 0 aliphatic carbocycles. The van der Waals surface area contributed by atoms with Crippen molar-refractivity contribution in [2.75, 3.05) is 0 Å². The van der Waals surface area contributed by atoms with E-state index in [-0.39, 0.29) is 5.41 Å². The standard InChI is InChI=1S/C17H24Si/c1-15(14-17(2,3)4)18(5,6)13-12-16-10-8-7-9-11-16/h7-11,14H,1-6H3. The van der Waals surface area contributed by atoms with Crippen molar-refractivity contribution in [2.45, 2.75) is 40.8 Å². The van der Waals surface area contributed by atoms with Crippen molar-refractivity contribution in [1.29, 1.82) is 0 Å². The van der Waals surface area contributed by atoms with Crippen LogP contribution < -0.4 is 0 Å². The molecule has 0 heterocycles. The topological polar surface area (TPSA) is 0 Å². The average Bonchev–Trinajstić information content (AvgIpc) is 2.26. The van der Waals surface area contributed by atoms with Crippen LogP contribution in [0.3, 0.4) is 0 Å². The highest BCUT2D eigenvalue weighted by Gasteiger charge is 2.22. The maximum atomic E-state index is 3.52. The van der Waals surface area contributed by atoms with Crippen LogP contribution in [0.1, 0.15) is 33.3 Å². The molecule has 0 radical (unpaired) electrons. The van der Waals surface area contributed by atoms with E-state index in [2.05, 4.69) is 70.5 Å². The fourth-order valence-electron chi connectivity index (χ4n) is 1.68. The van der Waals surface area contributed by atoms with Gasteiger partial charge in [0.05, 0.1) is 0 Å². The second-order valence-corrected chi connectivity index (χ2v) is 10.7. The van der Waals surface area contributed by atoms with Gasteiger partial charge in [-0.05, 0) is 24.5 Å². The summed E-state index contributed by atoms with van der Waals surface area (Å²) in [4.78, 5) is 0. The highest BCUT2D eigenvalue weighted by atomic mass is 28.3. The summed E-state index contributed by atoms with van der Waals surface area (Å²) in [6.45, 7) is 13.6. The zero-order valence-corrected chi connectivity index (χ0v) is 13.5. The summed E-state index contributed by atoms with van der Waals surface area (Å²) >= 11 is 0. The number of rotatable bonds is 1. The highest BCUT2D eigenvalue weighted by molar-refractivity contribution is 6.91. The van der Waals surface area contributed by atoms with E-state index >= 15 is 0 Å². The van der Waals surface area contributed by atoms with Gasteiger partial charge in [0.2, 0.25) is 0 Å². The summed E-state index contributed by atoms with van der Waals surface area (Å²) in [5.41, 5.74) is 4.87. The quantitative estimate of drug-likeness (QED) is 0.499. The molecule has 0 nitrogen and oxygen atoms in total. The van der Waals surface area contributed by atoms with Crippen molar-refractivity contribution in [2.24, 2.45) is 5.41 Å². The van der Waals surface area contributed by atoms with Crippen LogP contribution in [0.5, 0.6) is 0 Å². The van der Waals surface area contributed by atoms with Gasteiger partial charge in [-0.3, -0.25) is 0 Å². The molecule has 96 valence electrons. The molecule has 0 aliphatic heterocycles. The molecule has 0 bridgehead atoms. The van der Waals surface area contributed by atoms with E-state index in [1.165, 1.54) is 5.20 Å². The van der Waals surface area contributed by atoms with Crippen molar-refractivity contribution in [3.05, 3.63) is 47.2 Å². The molecule has 1 aromatic rings. The molecule has 0 aromatic heterocycles. The average molecular weight is 256 g/mol. The number of hydrogen-bond acceptors (Lipinski definition) is 0. The summed E-state index contributed by atoms with van der Waals surface area (Å²) in [6.07, 6.45) is 2.37. The Bertz CT molecular complexity index is 476. The Labute approximate surface area is 113 Å². The molecule has 0 saturated heterocycles. The van der Waals surface area contributed by atoms with E-state index < -0.39 is 8.07 Å². The van der Waals surface area contributed by atoms with Gasteiger partial charge in [-0.25, -0.2) is 0 Å². The first kappa shape index (κ1) is 14.8. The van der Waals surface area contributed by atoms with E-state index in [4.69, 9.17) is 0 Å². The Morgan fingerprint density at radius 2 is 1.67 bits per heavy atom. The third kappa shape index (κ3) is 4.94. The Balaban J connectivity index is 2.96. The smallest absolute Gasteiger partial charge is 0.121 e. The van der Waals surface area contributed by atoms with Gasteiger partial charge in [0.1, 0.15) is 0 Å². The van der Waals surface area contributed by atoms with E-state index in [9.17, 15) is 0 Å². The second-order valence-electron chi connectivity index (χ2n) is 6.43. The van der Waals surface area contributed by atoms with Gasteiger partial charge in [0.15, 0.2) is 8.07 Å². The molecule has 0 N–H and O–H groups in total. The summed E-state index contributed by atoms with van der Waals surface area (Å²) in [6, 6.07) is 10.2. The lowest BCUT2D eigenvalue weighted by Crippen LogP contribution is -2.27. The molecule has 0 amide bonds. The van der Waals surface area contributed by atoms with Crippen LogP contribution in [0.15, 0.2) is 41.6 Å². The minimum atomic E-state index is -1.60. The Morgan fingerprint density at radius 3 is 2.17 bits per heavy atom. The first-order valence-corrected chi connectivity index (χ1v) is 9.49. The van der Waals surface area contributed by atoms with Gasteiger partial charge < -0.3 is 0 Å². The third-order valence-electron chi connectivity index (χ3n) is 2.93.